The first-order valence-corrected chi connectivity index (χ1v) is 5.51. The highest BCUT2D eigenvalue weighted by molar-refractivity contribution is 5.61. The number of rotatable bonds is 7. The molecule has 0 aliphatic carbocycles. The molecule has 0 aromatic carbocycles. The fourth-order valence-corrected chi connectivity index (χ4v) is 1.40. The molecule has 0 aliphatic heterocycles. The van der Waals surface area contributed by atoms with Crippen molar-refractivity contribution in [2.75, 3.05) is 37.1 Å². The van der Waals surface area contributed by atoms with E-state index in [0.29, 0.717) is 25.6 Å². The first-order chi connectivity index (χ1) is 8.60. The SMILES string of the molecule is CCOCCN(C)c1nc(NN)ccc1[N+](=O)[O-]. The van der Waals surface area contributed by atoms with E-state index in [9.17, 15) is 10.1 Å². The molecule has 3 N–H and O–H groups in total. The maximum absolute atomic E-state index is 10.9. The minimum absolute atomic E-state index is 0.0620. The highest BCUT2D eigenvalue weighted by Gasteiger charge is 2.19. The first kappa shape index (κ1) is 14.1. The summed E-state index contributed by atoms with van der Waals surface area (Å²) in [4.78, 5) is 16.2. The lowest BCUT2D eigenvalue weighted by Gasteiger charge is -2.18. The molecule has 1 rings (SSSR count). The summed E-state index contributed by atoms with van der Waals surface area (Å²) < 4.78 is 5.20. The van der Waals surface area contributed by atoms with Crippen molar-refractivity contribution in [3.63, 3.8) is 0 Å². The Hall–Kier alpha value is -1.93. The van der Waals surface area contributed by atoms with Gasteiger partial charge < -0.3 is 15.1 Å². The lowest BCUT2D eigenvalue weighted by molar-refractivity contribution is -0.384. The maximum Gasteiger partial charge on any atom is 0.311 e. The molecular formula is C10H17N5O3. The van der Waals surface area contributed by atoms with Crippen molar-refractivity contribution in [3.05, 3.63) is 22.2 Å². The van der Waals surface area contributed by atoms with Gasteiger partial charge in [0, 0.05) is 26.3 Å². The molecule has 0 radical (unpaired) electrons. The Kier molecular flexibility index (Phi) is 5.28. The molecule has 0 amide bonds. The van der Waals surface area contributed by atoms with Gasteiger partial charge in [-0.15, -0.1) is 0 Å². The number of hydrogen-bond acceptors (Lipinski definition) is 7. The van der Waals surface area contributed by atoms with Crippen LogP contribution >= 0.6 is 0 Å². The van der Waals surface area contributed by atoms with Gasteiger partial charge >= 0.3 is 5.69 Å². The van der Waals surface area contributed by atoms with E-state index in [4.69, 9.17) is 10.6 Å². The molecule has 100 valence electrons. The van der Waals surface area contributed by atoms with Crippen molar-refractivity contribution < 1.29 is 9.66 Å². The van der Waals surface area contributed by atoms with E-state index in [2.05, 4.69) is 10.4 Å². The van der Waals surface area contributed by atoms with Gasteiger partial charge in [0.1, 0.15) is 5.82 Å². The number of nitrogens with two attached hydrogens (primary N) is 1. The number of hydrogen-bond donors (Lipinski definition) is 2. The zero-order valence-electron chi connectivity index (χ0n) is 10.4. The minimum atomic E-state index is -0.472. The van der Waals surface area contributed by atoms with E-state index in [-0.39, 0.29) is 11.5 Å². The number of ether oxygens (including phenoxy) is 1. The lowest BCUT2D eigenvalue weighted by Crippen LogP contribution is -2.25. The van der Waals surface area contributed by atoms with Crippen LogP contribution in [0.1, 0.15) is 6.92 Å². The Morgan fingerprint density at radius 2 is 2.33 bits per heavy atom. The third kappa shape index (κ3) is 3.54. The number of anilines is 2. The van der Waals surface area contributed by atoms with Crippen molar-refractivity contribution in [2.45, 2.75) is 6.92 Å². The van der Waals surface area contributed by atoms with Crippen molar-refractivity contribution in [2.24, 2.45) is 5.84 Å². The first-order valence-electron chi connectivity index (χ1n) is 5.51. The fraction of sp³-hybridized carbons (Fsp3) is 0.500. The van der Waals surface area contributed by atoms with Crippen LogP contribution in [0, 0.1) is 10.1 Å². The topological polar surface area (TPSA) is 107 Å². The molecule has 18 heavy (non-hydrogen) atoms. The molecule has 1 heterocycles. The monoisotopic (exact) mass is 255 g/mol. The average Bonchev–Trinajstić information content (AvgIpc) is 2.38. The predicted octanol–water partition coefficient (Wildman–Crippen LogP) is 0.748. The van der Waals surface area contributed by atoms with E-state index < -0.39 is 4.92 Å². The Labute approximate surface area is 105 Å². The van der Waals surface area contributed by atoms with E-state index in [0.717, 1.165) is 0 Å². The third-order valence-electron chi connectivity index (χ3n) is 2.34. The Bertz CT molecular complexity index is 412. The summed E-state index contributed by atoms with van der Waals surface area (Å²) in [6, 6.07) is 2.83. The van der Waals surface area contributed by atoms with Gasteiger partial charge in [-0.05, 0) is 13.0 Å². The molecule has 0 spiro atoms. The molecule has 0 aliphatic rings. The highest BCUT2D eigenvalue weighted by atomic mass is 16.6. The van der Waals surface area contributed by atoms with Crippen LogP contribution in [0.5, 0.6) is 0 Å². The number of hydrazine groups is 1. The molecule has 1 aromatic rings. The molecule has 0 bridgehead atoms. The van der Waals surface area contributed by atoms with Crippen molar-refractivity contribution in [1.29, 1.82) is 0 Å². The Morgan fingerprint density at radius 1 is 1.61 bits per heavy atom. The smallest absolute Gasteiger partial charge is 0.311 e. The number of nitrogen functional groups attached to an aromatic ring is 1. The molecular weight excluding hydrogens is 238 g/mol. The van der Waals surface area contributed by atoms with Gasteiger partial charge in [0.15, 0.2) is 0 Å². The number of nitrogens with zero attached hydrogens (tertiary/aromatic N) is 3. The summed E-state index contributed by atoms with van der Waals surface area (Å²) in [5.41, 5.74) is 2.30. The number of likely N-dealkylation sites (N-methyl/N-ethyl adjacent to an activating group) is 1. The van der Waals surface area contributed by atoms with Crippen molar-refractivity contribution in [3.8, 4) is 0 Å². The van der Waals surface area contributed by atoms with E-state index >= 15 is 0 Å². The molecule has 8 heteroatoms. The number of nitrogens with one attached hydrogen (secondary N) is 1. The van der Waals surface area contributed by atoms with Gasteiger partial charge in [-0.1, -0.05) is 0 Å². The molecule has 0 unspecified atom stereocenters. The van der Waals surface area contributed by atoms with Crippen LogP contribution in [-0.2, 0) is 4.74 Å². The summed E-state index contributed by atoms with van der Waals surface area (Å²) in [5, 5.41) is 10.9. The van der Waals surface area contributed by atoms with Gasteiger partial charge in [-0.3, -0.25) is 10.1 Å². The Morgan fingerprint density at radius 3 is 2.89 bits per heavy atom. The summed E-state index contributed by atoms with van der Waals surface area (Å²) in [7, 11) is 1.72. The number of nitro groups is 1. The molecule has 1 aromatic heterocycles. The normalized spacial score (nSPS) is 10.2. The third-order valence-corrected chi connectivity index (χ3v) is 2.34. The second-order valence-corrected chi connectivity index (χ2v) is 3.56. The second kappa shape index (κ2) is 6.72. The van der Waals surface area contributed by atoms with E-state index in [1.54, 1.807) is 11.9 Å². The van der Waals surface area contributed by atoms with Crippen LogP contribution in [0.2, 0.25) is 0 Å². The summed E-state index contributed by atoms with van der Waals surface area (Å²) in [6.07, 6.45) is 0. The van der Waals surface area contributed by atoms with Gasteiger partial charge in [-0.25, -0.2) is 10.8 Å². The van der Waals surface area contributed by atoms with Crippen LogP contribution in [0.25, 0.3) is 0 Å². The van der Waals surface area contributed by atoms with Crippen LogP contribution in [0.4, 0.5) is 17.3 Å². The molecule has 0 saturated carbocycles. The van der Waals surface area contributed by atoms with Crippen LogP contribution in [0.3, 0.4) is 0 Å². The zero-order chi connectivity index (χ0) is 13.5. The van der Waals surface area contributed by atoms with E-state index in [1.165, 1.54) is 12.1 Å². The second-order valence-electron chi connectivity index (χ2n) is 3.56. The zero-order valence-corrected chi connectivity index (χ0v) is 10.4. The van der Waals surface area contributed by atoms with Crippen LogP contribution in [-0.4, -0.2) is 36.7 Å². The van der Waals surface area contributed by atoms with Gasteiger partial charge in [0.25, 0.3) is 0 Å². The minimum Gasteiger partial charge on any atom is -0.380 e. The van der Waals surface area contributed by atoms with Gasteiger partial charge in [-0.2, -0.15) is 0 Å². The maximum atomic E-state index is 10.9. The molecule has 8 nitrogen and oxygen atoms in total. The van der Waals surface area contributed by atoms with Crippen LogP contribution in [0.15, 0.2) is 12.1 Å². The lowest BCUT2D eigenvalue weighted by atomic mass is 10.3. The predicted molar refractivity (Wildman–Crippen MR) is 68.5 cm³/mol. The summed E-state index contributed by atoms with van der Waals surface area (Å²) >= 11 is 0. The van der Waals surface area contributed by atoms with E-state index in [1.807, 2.05) is 6.92 Å². The number of aromatic nitrogens is 1. The quantitative estimate of drug-likeness (QED) is 0.320. The standard InChI is InChI=1S/C10H17N5O3/c1-3-18-7-6-14(2)10-8(15(16)17)4-5-9(12-10)13-11/h4-5H,3,6-7,11H2,1-2H3,(H,12,13). The average molecular weight is 255 g/mol. The molecule has 0 atom stereocenters. The van der Waals surface area contributed by atoms with Gasteiger partial charge in [0.05, 0.1) is 11.5 Å². The molecule has 0 saturated heterocycles. The fourth-order valence-electron chi connectivity index (χ4n) is 1.40. The number of pyridine rings is 1. The highest BCUT2D eigenvalue weighted by Crippen LogP contribution is 2.26. The largest absolute Gasteiger partial charge is 0.380 e. The van der Waals surface area contributed by atoms with Crippen LogP contribution < -0.4 is 16.2 Å². The summed E-state index contributed by atoms with van der Waals surface area (Å²) in [6.45, 7) is 3.48. The van der Waals surface area contributed by atoms with Gasteiger partial charge in [0.2, 0.25) is 5.82 Å². The van der Waals surface area contributed by atoms with Crippen molar-refractivity contribution >= 4 is 17.3 Å². The Balaban J connectivity index is 2.92. The summed E-state index contributed by atoms with van der Waals surface area (Å²) in [5.74, 6) is 5.87. The molecule has 0 fully saturated rings. The van der Waals surface area contributed by atoms with Crippen molar-refractivity contribution in [1.82, 2.24) is 4.98 Å².